The molecule has 1 aromatic carbocycles. The lowest BCUT2D eigenvalue weighted by molar-refractivity contribution is 0.606. The molecule has 92 valence electrons. The Morgan fingerprint density at radius 2 is 2.06 bits per heavy atom. The zero-order chi connectivity index (χ0) is 12.4. The Labute approximate surface area is 107 Å². The number of nitrogens with two attached hydrogens (primary N) is 1. The van der Waals surface area contributed by atoms with Crippen LogP contribution >= 0.6 is 11.8 Å². The van der Waals surface area contributed by atoms with Crippen molar-refractivity contribution in [1.82, 2.24) is 4.57 Å². The molecule has 0 radical (unpaired) electrons. The summed E-state index contributed by atoms with van der Waals surface area (Å²) in [5, 5.41) is 1.26. The van der Waals surface area contributed by atoms with Gasteiger partial charge in [-0.1, -0.05) is 6.92 Å². The average Bonchev–Trinajstić information content (AvgIpc) is 2.63. The molecule has 0 atom stereocenters. The molecule has 0 saturated heterocycles. The molecule has 0 unspecified atom stereocenters. The maximum atomic E-state index is 5.84. The summed E-state index contributed by atoms with van der Waals surface area (Å²) in [6, 6.07) is 8.94. The van der Waals surface area contributed by atoms with Gasteiger partial charge in [-0.2, -0.15) is 11.8 Å². The van der Waals surface area contributed by atoms with Gasteiger partial charge in [0.1, 0.15) is 0 Å². The van der Waals surface area contributed by atoms with Crippen molar-refractivity contribution in [2.45, 2.75) is 32.6 Å². The molecule has 0 saturated carbocycles. The van der Waals surface area contributed by atoms with E-state index in [0.717, 1.165) is 17.2 Å². The Bertz CT molecular complexity index is 514. The van der Waals surface area contributed by atoms with Crippen molar-refractivity contribution in [3.05, 3.63) is 30.0 Å². The normalized spacial score (nSPS) is 11.5. The first-order chi connectivity index (χ1) is 8.13. The molecular weight excluding hydrogens is 228 g/mol. The van der Waals surface area contributed by atoms with Crippen molar-refractivity contribution < 1.29 is 0 Å². The third-order valence-electron chi connectivity index (χ3n) is 2.91. The van der Waals surface area contributed by atoms with Crippen LogP contribution in [-0.4, -0.2) is 10.3 Å². The van der Waals surface area contributed by atoms with E-state index >= 15 is 0 Å². The van der Waals surface area contributed by atoms with Gasteiger partial charge < -0.3 is 10.3 Å². The van der Waals surface area contributed by atoms with Gasteiger partial charge in [-0.15, -0.1) is 0 Å². The van der Waals surface area contributed by atoms with Crippen molar-refractivity contribution in [1.29, 1.82) is 0 Å². The lowest BCUT2D eigenvalue weighted by Crippen LogP contribution is -2.04. The Hall–Kier alpha value is -1.09. The second kappa shape index (κ2) is 5.05. The first-order valence-corrected chi connectivity index (χ1v) is 7.26. The summed E-state index contributed by atoms with van der Waals surface area (Å²) >= 11 is 1.96. The van der Waals surface area contributed by atoms with Gasteiger partial charge in [0.25, 0.3) is 0 Å². The van der Waals surface area contributed by atoms with Crippen LogP contribution in [0.2, 0.25) is 0 Å². The number of rotatable bonds is 4. The van der Waals surface area contributed by atoms with Crippen molar-refractivity contribution in [2.24, 2.45) is 0 Å². The van der Waals surface area contributed by atoms with E-state index in [0.29, 0.717) is 6.04 Å². The average molecular weight is 248 g/mol. The van der Waals surface area contributed by atoms with Crippen LogP contribution in [0.3, 0.4) is 0 Å². The third kappa shape index (κ3) is 2.44. The first kappa shape index (κ1) is 12.4. The molecule has 3 heteroatoms. The number of anilines is 1. The molecule has 2 nitrogen and oxygen atoms in total. The number of nitrogens with zero attached hydrogens (tertiary/aromatic N) is 1. The SMILES string of the molecule is CCSCc1cc2cc(N)ccc2n1C(C)C. The van der Waals surface area contributed by atoms with Gasteiger partial charge in [0, 0.05) is 34.1 Å². The Morgan fingerprint density at radius 3 is 2.71 bits per heavy atom. The fraction of sp³-hybridized carbons (Fsp3) is 0.429. The van der Waals surface area contributed by atoms with E-state index in [4.69, 9.17) is 5.73 Å². The number of nitrogen functional groups attached to an aromatic ring is 1. The third-order valence-corrected chi connectivity index (χ3v) is 3.82. The van der Waals surface area contributed by atoms with E-state index in [1.165, 1.54) is 16.6 Å². The summed E-state index contributed by atoms with van der Waals surface area (Å²) in [6.45, 7) is 6.66. The van der Waals surface area contributed by atoms with Crippen molar-refractivity contribution in [3.63, 3.8) is 0 Å². The Morgan fingerprint density at radius 1 is 1.29 bits per heavy atom. The monoisotopic (exact) mass is 248 g/mol. The van der Waals surface area contributed by atoms with E-state index in [-0.39, 0.29) is 0 Å². The Kier molecular flexibility index (Phi) is 3.67. The van der Waals surface area contributed by atoms with Crippen LogP contribution in [0.25, 0.3) is 10.9 Å². The standard InChI is InChI=1S/C14H20N2S/c1-4-17-9-13-8-11-7-12(15)5-6-14(11)16(13)10(2)3/h5-8,10H,4,9,15H2,1-3H3. The Balaban J connectivity index is 2.53. The molecular formula is C14H20N2S. The highest BCUT2D eigenvalue weighted by Gasteiger charge is 2.11. The van der Waals surface area contributed by atoms with Crippen LogP contribution in [-0.2, 0) is 5.75 Å². The fourth-order valence-corrected chi connectivity index (χ4v) is 2.88. The molecule has 17 heavy (non-hydrogen) atoms. The van der Waals surface area contributed by atoms with Crippen molar-refractivity contribution in [2.75, 3.05) is 11.5 Å². The smallest absolute Gasteiger partial charge is 0.0486 e. The zero-order valence-corrected chi connectivity index (χ0v) is 11.6. The molecule has 0 bridgehead atoms. The van der Waals surface area contributed by atoms with Gasteiger partial charge in [0.2, 0.25) is 0 Å². The van der Waals surface area contributed by atoms with Crippen LogP contribution in [0.15, 0.2) is 24.3 Å². The molecule has 2 N–H and O–H groups in total. The van der Waals surface area contributed by atoms with E-state index in [1.807, 2.05) is 17.8 Å². The molecule has 0 fully saturated rings. The van der Waals surface area contributed by atoms with Gasteiger partial charge in [0.15, 0.2) is 0 Å². The molecule has 0 aliphatic heterocycles. The fourth-order valence-electron chi connectivity index (χ4n) is 2.24. The quantitative estimate of drug-likeness (QED) is 0.827. The maximum Gasteiger partial charge on any atom is 0.0486 e. The van der Waals surface area contributed by atoms with Crippen LogP contribution in [0.1, 0.15) is 32.5 Å². The molecule has 0 spiro atoms. The number of benzene rings is 1. The van der Waals surface area contributed by atoms with Gasteiger partial charge >= 0.3 is 0 Å². The minimum atomic E-state index is 0.489. The van der Waals surface area contributed by atoms with E-state index in [1.54, 1.807) is 0 Å². The van der Waals surface area contributed by atoms with Crippen LogP contribution in [0.5, 0.6) is 0 Å². The van der Waals surface area contributed by atoms with Crippen LogP contribution < -0.4 is 5.73 Å². The summed E-state index contributed by atoms with van der Waals surface area (Å²) in [5.41, 5.74) is 9.37. The zero-order valence-electron chi connectivity index (χ0n) is 10.7. The molecule has 1 heterocycles. The molecule has 0 amide bonds. The predicted molar refractivity (Wildman–Crippen MR) is 78.6 cm³/mol. The molecule has 1 aromatic heterocycles. The van der Waals surface area contributed by atoms with E-state index in [9.17, 15) is 0 Å². The lowest BCUT2D eigenvalue weighted by atomic mass is 10.2. The summed E-state index contributed by atoms with van der Waals surface area (Å²) in [5.74, 6) is 2.23. The molecule has 0 aliphatic carbocycles. The highest BCUT2D eigenvalue weighted by Crippen LogP contribution is 2.28. The maximum absolute atomic E-state index is 5.84. The highest BCUT2D eigenvalue weighted by molar-refractivity contribution is 7.98. The molecule has 2 rings (SSSR count). The number of thioether (sulfide) groups is 1. The van der Waals surface area contributed by atoms with E-state index < -0.39 is 0 Å². The minimum Gasteiger partial charge on any atom is -0.399 e. The first-order valence-electron chi connectivity index (χ1n) is 6.10. The van der Waals surface area contributed by atoms with Crippen LogP contribution in [0, 0.1) is 0 Å². The molecule has 2 aromatic rings. The van der Waals surface area contributed by atoms with Gasteiger partial charge in [-0.05, 0) is 43.9 Å². The van der Waals surface area contributed by atoms with Gasteiger partial charge in [-0.25, -0.2) is 0 Å². The topological polar surface area (TPSA) is 30.9 Å². The van der Waals surface area contributed by atoms with Crippen molar-refractivity contribution in [3.8, 4) is 0 Å². The highest BCUT2D eigenvalue weighted by atomic mass is 32.2. The summed E-state index contributed by atoms with van der Waals surface area (Å²) in [7, 11) is 0. The number of hydrogen-bond donors (Lipinski definition) is 1. The second-order valence-corrected chi connectivity index (χ2v) is 5.83. The minimum absolute atomic E-state index is 0.489. The largest absolute Gasteiger partial charge is 0.399 e. The van der Waals surface area contributed by atoms with Gasteiger partial charge in [-0.3, -0.25) is 0 Å². The lowest BCUT2D eigenvalue weighted by Gasteiger charge is -2.14. The van der Waals surface area contributed by atoms with Crippen LogP contribution in [0.4, 0.5) is 5.69 Å². The molecule has 0 aliphatic rings. The van der Waals surface area contributed by atoms with E-state index in [2.05, 4.69) is 43.5 Å². The second-order valence-electron chi connectivity index (χ2n) is 4.55. The predicted octanol–water partition coefficient (Wildman–Crippen LogP) is 4.06. The summed E-state index contributed by atoms with van der Waals surface area (Å²) in [6.07, 6.45) is 0. The summed E-state index contributed by atoms with van der Waals surface area (Å²) < 4.78 is 2.41. The number of fused-ring (bicyclic) bond motifs is 1. The summed E-state index contributed by atoms with van der Waals surface area (Å²) in [4.78, 5) is 0. The number of aromatic nitrogens is 1. The van der Waals surface area contributed by atoms with Gasteiger partial charge in [0.05, 0.1) is 0 Å². The van der Waals surface area contributed by atoms with Crippen molar-refractivity contribution >= 4 is 28.4 Å². The number of hydrogen-bond acceptors (Lipinski definition) is 2.